The molecular weight excluding hydrogens is 312 g/mol. The summed E-state index contributed by atoms with van der Waals surface area (Å²) in [5.74, 6) is 0.673. The van der Waals surface area contributed by atoms with Crippen LogP contribution < -0.4 is 5.32 Å². The summed E-state index contributed by atoms with van der Waals surface area (Å²) in [5, 5.41) is 14.6. The average Bonchev–Trinajstić information content (AvgIpc) is 3.17. The lowest BCUT2D eigenvalue weighted by Gasteiger charge is -2.24. The van der Waals surface area contributed by atoms with Gasteiger partial charge < -0.3 is 14.8 Å². The minimum Gasteiger partial charge on any atom is -0.444 e. The zero-order valence-electron chi connectivity index (χ0n) is 13.0. The molecule has 2 aromatic rings. The number of amides is 1. The summed E-state index contributed by atoms with van der Waals surface area (Å²) >= 11 is 1.56. The Balaban J connectivity index is 1.58. The van der Waals surface area contributed by atoms with Gasteiger partial charge in [-0.15, -0.1) is 11.3 Å². The molecular formula is C17H22N2O3S. The van der Waals surface area contributed by atoms with E-state index in [1.54, 1.807) is 17.6 Å². The zero-order valence-corrected chi connectivity index (χ0v) is 13.8. The third kappa shape index (κ3) is 4.20. The number of rotatable bonds is 5. The highest BCUT2D eigenvalue weighted by atomic mass is 32.1. The van der Waals surface area contributed by atoms with E-state index in [0.717, 1.165) is 30.6 Å². The van der Waals surface area contributed by atoms with E-state index in [2.05, 4.69) is 10.3 Å². The first kappa shape index (κ1) is 16.2. The van der Waals surface area contributed by atoms with Gasteiger partial charge in [0.05, 0.1) is 17.0 Å². The van der Waals surface area contributed by atoms with Gasteiger partial charge in [0.15, 0.2) is 0 Å². The molecule has 2 heterocycles. The van der Waals surface area contributed by atoms with Crippen molar-refractivity contribution < 1.29 is 14.3 Å². The second kappa shape index (κ2) is 7.75. The van der Waals surface area contributed by atoms with Gasteiger partial charge in [-0.3, -0.25) is 4.79 Å². The van der Waals surface area contributed by atoms with Crippen LogP contribution in [0.3, 0.4) is 0 Å². The lowest BCUT2D eigenvalue weighted by molar-refractivity contribution is -0.121. The maximum atomic E-state index is 12.3. The Labute approximate surface area is 139 Å². The summed E-state index contributed by atoms with van der Waals surface area (Å²) in [6, 6.07) is 3.95. The van der Waals surface area contributed by atoms with Crippen LogP contribution in [-0.4, -0.2) is 28.6 Å². The molecule has 124 valence electrons. The number of carbonyl (C=O) groups is 1. The number of nitrogens with one attached hydrogen (secondary N) is 1. The molecule has 2 atom stereocenters. The van der Waals surface area contributed by atoms with Gasteiger partial charge >= 0.3 is 0 Å². The smallest absolute Gasteiger partial charge is 0.236 e. The van der Waals surface area contributed by atoms with E-state index in [4.69, 9.17) is 4.42 Å². The Hall–Kier alpha value is -1.66. The third-order valence-corrected chi connectivity index (χ3v) is 5.22. The molecule has 0 aromatic carbocycles. The van der Waals surface area contributed by atoms with Crippen LogP contribution in [0.15, 0.2) is 28.2 Å². The number of aromatic nitrogens is 1. The molecule has 23 heavy (non-hydrogen) atoms. The number of nitrogens with zero attached hydrogens (tertiary/aromatic N) is 1. The molecule has 1 amide bonds. The van der Waals surface area contributed by atoms with Gasteiger partial charge in [-0.1, -0.05) is 25.3 Å². The van der Waals surface area contributed by atoms with E-state index < -0.39 is 0 Å². The van der Waals surface area contributed by atoms with Crippen LogP contribution in [0.4, 0.5) is 0 Å². The van der Waals surface area contributed by atoms with Crippen LogP contribution >= 0.6 is 11.3 Å². The summed E-state index contributed by atoms with van der Waals surface area (Å²) in [5.41, 5.74) is 0.639. The quantitative estimate of drug-likeness (QED) is 0.824. The Kier molecular flexibility index (Phi) is 5.46. The maximum Gasteiger partial charge on any atom is 0.236 e. The van der Waals surface area contributed by atoms with Gasteiger partial charge in [0.2, 0.25) is 11.8 Å². The molecule has 0 spiro atoms. The molecule has 1 saturated carbocycles. The molecule has 1 aliphatic carbocycles. The van der Waals surface area contributed by atoms with E-state index in [1.807, 2.05) is 17.5 Å². The van der Waals surface area contributed by atoms with Crippen LogP contribution in [-0.2, 0) is 11.2 Å². The van der Waals surface area contributed by atoms with E-state index >= 15 is 0 Å². The minimum absolute atomic E-state index is 0.0543. The van der Waals surface area contributed by atoms with E-state index in [0.29, 0.717) is 11.6 Å². The molecule has 1 fully saturated rings. The molecule has 1 aliphatic rings. The fourth-order valence-electron chi connectivity index (χ4n) is 3.12. The Morgan fingerprint density at radius 3 is 3.04 bits per heavy atom. The number of thiophene rings is 1. The van der Waals surface area contributed by atoms with Crippen LogP contribution in [0, 0.1) is 5.92 Å². The van der Waals surface area contributed by atoms with Crippen molar-refractivity contribution in [1.29, 1.82) is 0 Å². The van der Waals surface area contributed by atoms with Crippen molar-refractivity contribution in [3.63, 3.8) is 0 Å². The van der Waals surface area contributed by atoms with Crippen LogP contribution in [0.2, 0.25) is 0 Å². The molecule has 6 heteroatoms. The maximum absolute atomic E-state index is 12.3. The van der Waals surface area contributed by atoms with Crippen LogP contribution in [0.5, 0.6) is 0 Å². The highest BCUT2D eigenvalue weighted by Crippen LogP contribution is 2.25. The largest absolute Gasteiger partial charge is 0.444 e. The van der Waals surface area contributed by atoms with Crippen LogP contribution in [0.1, 0.15) is 37.8 Å². The fraction of sp³-hybridized carbons (Fsp3) is 0.529. The predicted octanol–water partition coefficient (Wildman–Crippen LogP) is 3.00. The summed E-state index contributed by atoms with van der Waals surface area (Å²) < 4.78 is 5.44. The second-order valence-corrected chi connectivity index (χ2v) is 7.00. The van der Waals surface area contributed by atoms with Crippen molar-refractivity contribution in [2.24, 2.45) is 5.92 Å². The van der Waals surface area contributed by atoms with Gasteiger partial charge in [-0.2, -0.15) is 0 Å². The van der Waals surface area contributed by atoms with Gasteiger partial charge in [0, 0.05) is 18.6 Å². The topological polar surface area (TPSA) is 75.4 Å². The molecule has 2 aromatic heterocycles. The first-order chi connectivity index (χ1) is 11.3. The highest BCUT2D eigenvalue weighted by Gasteiger charge is 2.24. The standard InChI is InChI=1S/C17H22N2O3S/c20-10-12-5-2-1-3-6-14(12)19-16(21)9-13-11-22-17(18-13)15-7-4-8-23-15/h4,7-8,11-12,14,20H,1-3,5-6,9-10H2,(H,19,21). The van der Waals surface area contributed by atoms with Crippen molar-refractivity contribution in [2.45, 2.75) is 44.6 Å². The molecule has 0 radical (unpaired) electrons. The summed E-state index contributed by atoms with van der Waals surface area (Å²) in [7, 11) is 0. The molecule has 2 N–H and O–H groups in total. The van der Waals surface area contributed by atoms with Gasteiger partial charge in [0.25, 0.3) is 0 Å². The fourth-order valence-corrected chi connectivity index (χ4v) is 3.77. The Morgan fingerprint density at radius 1 is 1.39 bits per heavy atom. The predicted molar refractivity (Wildman–Crippen MR) is 89.1 cm³/mol. The number of aliphatic hydroxyl groups is 1. The van der Waals surface area contributed by atoms with Gasteiger partial charge in [0.1, 0.15) is 6.26 Å². The van der Waals surface area contributed by atoms with Crippen molar-refractivity contribution in [3.05, 3.63) is 29.5 Å². The average molecular weight is 334 g/mol. The molecule has 2 unspecified atom stereocenters. The van der Waals surface area contributed by atoms with Gasteiger partial charge in [-0.05, 0) is 24.3 Å². The zero-order chi connectivity index (χ0) is 16.1. The summed E-state index contributed by atoms with van der Waals surface area (Å²) in [4.78, 5) is 17.6. The number of oxazole rings is 1. The van der Waals surface area contributed by atoms with Crippen molar-refractivity contribution in [2.75, 3.05) is 6.61 Å². The monoisotopic (exact) mass is 334 g/mol. The Morgan fingerprint density at radius 2 is 2.26 bits per heavy atom. The molecule has 0 bridgehead atoms. The summed E-state index contributed by atoms with van der Waals surface area (Å²) in [6.07, 6.45) is 7.09. The lowest BCUT2D eigenvalue weighted by Crippen LogP contribution is -2.41. The number of aliphatic hydroxyl groups excluding tert-OH is 1. The van der Waals surface area contributed by atoms with E-state index in [1.165, 1.54) is 6.42 Å². The number of hydrogen-bond acceptors (Lipinski definition) is 5. The first-order valence-corrected chi connectivity index (χ1v) is 9.02. The minimum atomic E-state index is -0.0543. The molecule has 3 rings (SSSR count). The third-order valence-electron chi connectivity index (χ3n) is 4.37. The Bertz CT molecular complexity index is 624. The molecule has 5 nitrogen and oxygen atoms in total. The normalized spacial score (nSPS) is 21.8. The van der Waals surface area contributed by atoms with E-state index in [-0.39, 0.29) is 30.9 Å². The van der Waals surface area contributed by atoms with Crippen molar-refractivity contribution in [3.8, 4) is 10.8 Å². The van der Waals surface area contributed by atoms with Crippen molar-refractivity contribution >= 4 is 17.2 Å². The number of hydrogen-bond donors (Lipinski definition) is 2. The summed E-state index contributed by atoms with van der Waals surface area (Å²) in [6.45, 7) is 0.136. The lowest BCUT2D eigenvalue weighted by atomic mass is 9.95. The molecule has 0 aliphatic heterocycles. The second-order valence-electron chi connectivity index (χ2n) is 6.05. The number of carbonyl (C=O) groups excluding carboxylic acids is 1. The van der Waals surface area contributed by atoms with Crippen LogP contribution in [0.25, 0.3) is 10.8 Å². The van der Waals surface area contributed by atoms with Gasteiger partial charge in [-0.25, -0.2) is 4.98 Å². The molecule has 0 saturated heterocycles. The highest BCUT2D eigenvalue weighted by molar-refractivity contribution is 7.13. The van der Waals surface area contributed by atoms with Crippen molar-refractivity contribution in [1.82, 2.24) is 10.3 Å². The SMILES string of the molecule is O=C(Cc1coc(-c2cccs2)n1)NC1CCCCCC1CO. The van der Waals surface area contributed by atoms with E-state index in [9.17, 15) is 9.90 Å². The first-order valence-electron chi connectivity index (χ1n) is 8.15.